The molecule has 1 spiro atoms. The summed E-state index contributed by atoms with van der Waals surface area (Å²) < 4.78 is 16.4. The van der Waals surface area contributed by atoms with Crippen molar-refractivity contribution < 1.29 is 23.5 Å². The second-order valence-electron chi connectivity index (χ2n) is 8.26. The van der Waals surface area contributed by atoms with Crippen LogP contribution in [0.25, 0.3) is 0 Å². The molecular weight excluding hydrogens is 320 g/mol. The average molecular weight is 342 g/mol. The smallest absolute Gasteiger partial charge is 0.334 e. The van der Waals surface area contributed by atoms with Crippen molar-refractivity contribution in [3.8, 4) is 0 Å². The van der Waals surface area contributed by atoms with Crippen molar-refractivity contribution >= 4 is 11.9 Å². The highest BCUT2D eigenvalue weighted by Crippen LogP contribution is 2.66. The van der Waals surface area contributed by atoms with Crippen LogP contribution in [0.3, 0.4) is 0 Å². The maximum absolute atomic E-state index is 12.8. The second kappa shape index (κ2) is 4.99. The van der Waals surface area contributed by atoms with Gasteiger partial charge in [-0.1, -0.05) is 13.0 Å². The Balaban J connectivity index is 1.57. The lowest BCUT2D eigenvalue weighted by molar-refractivity contribution is -0.192. The van der Waals surface area contributed by atoms with E-state index in [-0.39, 0.29) is 40.7 Å². The number of hydrogen-bond donors (Lipinski definition) is 0. The van der Waals surface area contributed by atoms with E-state index in [4.69, 9.17) is 13.9 Å². The molecule has 3 fully saturated rings. The van der Waals surface area contributed by atoms with Crippen LogP contribution in [-0.4, -0.2) is 18.5 Å². The van der Waals surface area contributed by atoms with Gasteiger partial charge in [-0.25, -0.2) is 4.79 Å². The zero-order valence-corrected chi connectivity index (χ0v) is 14.3. The topological polar surface area (TPSA) is 65.7 Å². The van der Waals surface area contributed by atoms with Gasteiger partial charge in [0.2, 0.25) is 0 Å². The lowest BCUT2D eigenvalue weighted by atomic mass is 9.46. The summed E-state index contributed by atoms with van der Waals surface area (Å²) in [5.41, 5.74) is 1.38. The maximum atomic E-state index is 12.8. The van der Waals surface area contributed by atoms with Crippen molar-refractivity contribution in [1.29, 1.82) is 0 Å². The third-order valence-corrected chi connectivity index (χ3v) is 7.24. The van der Waals surface area contributed by atoms with Crippen molar-refractivity contribution in [2.24, 2.45) is 22.7 Å². The molecule has 1 aromatic heterocycles. The monoisotopic (exact) mass is 342 g/mol. The van der Waals surface area contributed by atoms with Crippen LogP contribution in [-0.2, 0) is 19.1 Å². The first-order valence-corrected chi connectivity index (χ1v) is 9.15. The molecule has 3 heterocycles. The largest absolute Gasteiger partial charge is 0.472 e. The van der Waals surface area contributed by atoms with Gasteiger partial charge in [0.25, 0.3) is 0 Å². The Kier molecular flexibility index (Phi) is 3.04. The van der Waals surface area contributed by atoms with E-state index in [1.807, 2.05) is 6.07 Å². The van der Waals surface area contributed by atoms with Gasteiger partial charge in [-0.05, 0) is 49.5 Å². The fourth-order valence-corrected chi connectivity index (χ4v) is 6.09. The van der Waals surface area contributed by atoms with E-state index in [9.17, 15) is 9.59 Å². The van der Waals surface area contributed by atoms with E-state index in [0.29, 0.717) is 6.61 Å². The first-order valence-electron chi connectivity index (χ1n) is 9.15. The summed E-state index contributed by atoms with van der Waals surface area (Å²) >= 11 is 0. The van der Waals surface area contributed by atoms with Gasteiger partial charge in [0.05, 0.1) is 18.4 Å². The third-order valence-electron chi connectivity index (χ3n) is 7.24. The molecule has 5 atom stereocenters. The number of carbonyl (C=O) groups is 2. The summed E-state index contributed by atoms with van der Waals surface area (Å²) in [4.78, 5) is 25.0. The van der Waals surface area contributed by atoms with Crippen LogP contribution in [0.15, 0.2) is 34.7 Å². The molecule has 5 nitrogen and oxygen atoms in total. The van der Waals surface area contributed by atoms with E-state index >= 15 is 0 Å². The number of furan rings is 1. The Morgan fingerprint density at radius 2 is 2.12 bits per heavy atom. The van der Waals surface area contributed by atoms with Gasteiger partial charge in [-0.15, -0.1) is 0 Å². The van der Waals surface area contributed by atoms with Crippen LogP contribution in [0.1, 0.15) is 50.7 Å². The average Bonchev–Trinajstić information content (AvgIpc) is 3.23. The molecule has 0 aromatic carbocycles. The number of rotatable bonds is 1. The Bertz CT molecular complexity index is 763. The summed E-state index contributed by atoms with van der Waals surface area (Å²) in [6.45, 7) is 2.69. The molecule has 2 aliphatic carbocycles. The molecule has 132 valence electrons. The van der Waals surface area contributed by atoms with Crippen molar-refractivity contribution in [2.75, 3.05) is 6.61 Å². The number of ether oxygens (including phenoxy) is 2. The lowest BCUT2D eigenvalue weighted by Crippen LogP contribution is -2.57. The maximum Gasteiger partial charge on any atom is 0.334 e. The van der Waals surface area contributed by atoms with E-state index in [0.717, 1.165) is 43.2 Å². The van der Waals surface area contributed by atoms with E-state index in [2.05, 4.69) is 13.0 Å². The lowest BCUT2D eigenvalue weighted by Gasteiger charge is -2.58. The number of hydrogen-bond acceptors (Lipinski definition) is 5. The van der Waals surface area contributed by atoms with Crippen LogP contribution in [0.4, 0.5) is 0 Å². The second-order valence-corrected chi connectivity index (χ2v) is 8.26. The van der Waals surface area contributed by atoms with Gasteiger partial charge in [0, 0.05) is 16.6 Å². The minimum atomic E-state index is -0.268. The van der Waals surface area contributed by atoms with Crippen molar-refractivity contribution in [3.63, 3.8) is 0 Å². The Morgan fingerprint density at radius 1 is 1.24 bits per heavy atom. The predicted octanol–water partition coefficient (Wildman–Crippen LogP) is 3.56. The molecular formula is C20H22O5. The van der Waals surface area contributed by atoms with Crippen molar-refractivity contribution in [2.45, 2.75) is 45.1 Å². The van der Waals surface area contributed by atoms with Crippen LogP contribution >= 0.6 is 0 Å². The standard InChI is InChI=1S/C20H22O5/c1-19-9-15(12-6-8-23-10-12)25-18(22)13(19)5-7-20-11-24-17(21)14(20)3-2-4-16(19)20/h3,6,8,10,13,15-16H,2,4-5,7,9,11H2,1H3/t13-,15+,16+,19-,20+/m0/s1. The summed E-state index contributed by atoms with van der Waals surface area (Å²) in [6, 6.07) is 1.87. The molecule has 0 unspecified atom stereocenters. The molecule has 0 N–H and O–H groups in total. The van der Waals surface area contributed by atoms with Crippen LogP contribution in [0.2, 0.25) is 0 Å². The number of allylic oxidation sites excluding steroid dienone is 1. The first kappa shape index (κ1) is 15.2. The molecule has 2 saturated heterocycles. The number of fused-ring (bicyclic) bond motifs is 2. The quantitative estimate of drug-likeness (QED) is 0.730. The van der Waals surface area contributed by atoms with Gasteiger partial charge in [0.15, 0.2) is 0 Å². The molecule has 0 amide bonds. The van der Waals surface area contributed by atoms with Gasteiger partial charge < -0.3 is 13.9 Å². The molecule has 25 heavy (non-hydrogen) atoms. The van der Waals surface area contributed by atoms with Crippen LogP contribution in [0, 0.1) is 22.7 Å². The summed E-state index contributed by atoms with van der Waals surface area (Å²) in [5, 5.41) is 0. The highest BCUT2D eigenvalue weighted by Gasteiger charge is 2.65. The summed E-state index contributed by atoms with van der Waals surface area (Å²) in [7, 11) is 0. The summed E-state index contributed by atoms with van der Waals surface area (Å²) in [5.74, 6) is -0.0820. The molecule has 0 radical (unpaired) electrons. The normalized spacial score (nSPS) is 42.6. The molecule has 1 aromatic rings. The zero-order valence-electron chi connectivity index (χ0n) is 14.3. The highest BCUT2D eigenvalue weighted by atomic mass is 16.5. The third kappa shape index (κ3) is 1.89. The molecule has 4 aliphatic rings. The highest BCUT2D eigenvalue weighted by molar-refractivity contribution is 5.93. The fraction of sp³-hybridized carbons (Fsp3) is 0.600. The number of carbonyl (C=O) groups excluding carboxylic acids is 2. The van der Waals surface area contributed by atoms with E-state index < -0.39 is 0 Å². The molecule has 2 aliphatic heterocycles. The zero-order chi connectivity index (χ0) is 17.2. The van der Waals surface area contributed by atoms with Gasteiger partial charge in [-0.2, -0.15) is 0 Å². The van der Waals surface area contributed by atoms with Gasteiger partial charge in [-0.3, -0.25) is 4.79 Å². The SMILES string of the molecule is C[C@]12C[C@H](c3ccoc3)OC(=O)[C@@H]1CC[C@@]13COC(=O)C1=CCC[C@@H]32. The van der Waals surface area contributed by atoms with Crippen LogP contribution in [0.5, 0.6) is 0 Å². The van der Waals surface area contributed by atoms with Gasteiger partial charge >= 0.3 is 11.9 Å². The Morgan fingerprint density at radius 3 is 2.92 bits per heavy atom. The number of cyclic esters (lactones) is 2. The van der Waals surface area contributed by atoms with Crippen molar-refractivity contribution in [3.05, 3.63) is 35.8 Å². The van der Waals surface area contributed by atoms with Crippen LogP contribution < -0.4 is 0 Å². The van der Waals surface area contributed by atoms with E-state index in [1.54, 1.807) is 12.5 Å². The molecule has 1 saturated carbocycles. The Hall–Kier alpha value is -2.04. The first-order chi connectivity index (χ1) is 12.0. The van der Waals surface area contributed by atoms with Crippen molar-refractivity contribution in [1.82, 2.24) is 0 Å². The summed E-state index contributed by atoms with van der Waals surface area (Å²) in [6.07, 6.45) is 9.33. The minimum absolute atomic E-state index is 0.0960. The fourth-order valence-electron chi connectivity index (χ4n) is 6.09. The molecule has 5 rings (SSSR count). The minimum Gasteiger partial charge on any atom is -0.472 e. The molecule has 5 heteroatoms. The molecule has 0 bridgehead atoms. The number of esters is 2. The predicted molar refractivity (Wildman–Crippen MR) is 87.2 cm³/mol. The Labute approximate surface area is 146 Å². The van der Waals surface area contributed by atoms with Gasteiger partial charge in [0.1, 0.15) is 12.7 Å². The van der Waals surface area contributed by atoms with E-state index in [1.165, 1.54) is 0 Å².